The molecule has 0 spiro atoms. The Morgan fingerprint density at radius 3 is 0.917 bits per heavy atom. The third kappa shape index (κ3) is 15.3. The lowest BCUT2D eigenvalue weighted by molar-refractivity contribution is -0.140. The molecule has 6 N–H and O–H groups in total. The Balaban J connectivity index is 1.72. The summed E-state index contributed by atoms with van der Waals surface area (Å²) in [7, 11) is 2.52. The van der Waals surface area contributed by atoms with Crippen molar-refractivity contribution < 1.29 is 48.3 Å². The van der Waals surface area contributed by atoms with Crippen molar-refractivity contribution in [1.29, 1.82) is 0 Å². The SMILES string of the molecule is COC(=O)CNC(=O)NCCCOc1c2cc(C(C)(C)C)cc1Cc1cc(C(C)(C)C)cc(c1O)Cc1cc(C(C)(C)C)cc(c1OCCCNC(=O)NCC(=O)OC)Cc1cc(C(C)(C)C)cc(c1O)C2. The van der Waals surface area contributed by atoms with Crippen molar-refractivity contribution in [3.05, 3.63) is 115 Å². The van der Waals surface area contributed by atoms with E-state index in [-0.39, 0.29) is 72.6 Å². The predicted molar refractivity (Wildman–Crippen MR) is 282 cm³/mol. The van der Waals surface area contributed by atoms with Crippen molar-refractivity contribution in [3.8, 4) is 23.0 Å². The maximum absolute atomic E-state index is 12.6. The first-order chi connectivity index (χ1) is 33.6. The van der Waals surface area contributed by atoms with Crippen LogP contribution in [0.4, 0.5) is 9.59 Å². The molecule has 0 aromatic heterocycles. The molecule has 72 heavy (non-hydrogen) atoms. The summed E-state index contributed by atoms with van der Waals surface area (Å²) < 4.78 is 22.9. The number of carbonyl (C=O) groups excluding carboxylic acids is 4. The third-order valence-corrected chi connectivity index (χ3v) is 13.0. The van der Waals surface area contributed by atoms with Crippen LogP contribution in [0, 0.1) is 0 Å². The van der Waals surface area contributed by atoms with Gasteiger partial charge in [-0.05, 0) is 101 Å². The van der Waals surface area contributed by atoms with Crippen molar-refractivity contribution in [1.82, 2.24) is 21.3 Å². The number of urea groups is 2. The molecule has 4 amide bonds. The van der Waals surface area contributed by atoms with Gasteiger partial charge < -0.3 is 50.4 Å². The zero-order valence-corrected chi connectivity index (χ0v) is 45.3. The minimum Gasteiger partial charge on any atom is -0.507 e. The number of benzene rings is 4. The summed E-state index contributed by atoms with van der Waals surface area (Å²) in [5.74, 6) is 0.565. The minimum absolute atomic E-state index is 0.180. The average molecular weight is 993 g/mol. The topological polar surface area (TPSA) is 194 Å². The fourth-order valence-corrected chi connectivity index (χ4v) is 8.49. The lowest BCUT2D eigenvalue weighted by Gasteiger charge is -2.28. The molecule has 5 rings (SSSR count). The molecule has 0 unspecified atom stereocenters. The molecule has 1 aliphatic carbocycles. The van der Waals surface area contributed by atoms with E-state index in [0.717, 1.165) is 66.8 Å². The summed E-state index contributed by atoms with van der Waals surface area (Å²) >= 11 is 0. The smallest absolute Gasteiger partial charge is 0.325 e. The standard InChI is InChI=1S/C58H80N4O10/c1-55(2,3)43-25-35-21-39-29-45(57(7,8)9)31-41(51(39)71-19-15-17-59-53(67)61-33-47(63)69-13)23-37-27-44(56(4,5)6)28-38(50(37)66)24-42-32-46(58(10,11)12)30-40(22-36(26-43)49(35)65)52(42)72-20-16-18-60-54(68)62-34-48(64)70-14/h25-32,65-66H,15-24,33-34H2,1-14H3,(H2,59,61,67)(H2,60,62,68). The van der Waals surface area contributed by atoms with Crippen LogP contribution in [0.15, 0.2) is 48.5 Å². The normalized spacial score (nSPS) is 12.9. The number of phenols is 2. The van der Waals surface area contributed by atoms with E-state index in [0.29, 0.717) is 50.0 Å². The number of methoxy groups -OCH3 is 2. The Morgan fingerprint density at radius 2 is 0.681 bits per heavy atom. The third-order valence-electron chi connectivity index (χ3n) is 13.0. The van der Waals surface area contributed by atoms with Gasteiger partial charge in [0, 0.05) is 38.8 Å². The van der Waals surface area contributed by atoms with Gasteiger partial charge in [0.05, 0.1) is 27.4 Å². The summed E-state index contributed by atoms with van der Waals surface area (Å²) in [5, 5.41) is 35.8. The monoisotopic (exact) mass is 993 g/mol. The van der Waals surface area contributed by atoms with Crippen LogP contribution in [0.3, 0.4) is 0 Å². The highest BCUT2D eigenvalue weighted by atomic mass is 16.5. The van der Waals surface area contributed by atoms with E-state index in [1.807, 2.05) is 0 Å². The quantitative estimate of drug-likeness (QED) is 0.0461. The van der Waals surface area contributed by atoms with Gasteiger partial charge in [0.2, 0.25) is 0 Å². The van der Waals surface area contributed by atoms with Gasteiger partial charge in [-0.3, -0.25) is 9.59 Å². The van der Waals surface area contributed by atoms with E-state index < -0.39 is 24.0 Å². The summed E-state index contributed by atoms with van der Waals surface area (Å²) in [6.07, 6.45) is 2.24. The number of esters is 2. The van der Waals surface area contributed by atoms with Crippen molar-refractivity contribution >= 4 is 24.0 Å². The Morgan fingerprint density at radius 1 is 0.431 bits per heavy atom. The Bertz CT molecular complexity index is 2330. The molecule has 0 aliphatic heterocycles. The number of carbonyl (C=O) groups is 4. The number of amides is 4. The summed E-state index contributed by atoms with van der Waals surface area (Å²) in [4.78, 5) is 48.1. The molecule has 0 saturated carbocycles. The van der Waals surface area contributed by atoms with Crippen LogP contribution in [0.2, 0.25) is 0 Å². The van der Waals surface area contributed by atoms with Gasteiger partial charge in [-0.1, -0.05) is 132 Å². The van der Waals surface area contributed by atoms with Gasteiger partial charge in [0.1, 0.15) is 36.1 Å². The number of hydrogen-bond acceptors (Lipinski definition) is 10. The Labute approximate surface area is 427 Å². The molecule has 4 aromatic carbocycles. The van der Waals surface area contributed by atoms with E-state index >= 15 is 0 Å². The van der Waals surface area contributed by atoms with Crippen molar-refractivity contribution in [2.24, 2.45) is 0 Å². The molecule has 0 radical (unpaired) electrons. The Hall–Kier alpha value is -6.44. The molecule has 14 nitrogen and oxygen atoms in total. The zero-order valence-electron chi connectivity index (χ0n) is 45.3. The van der Waals surface area contributed by atoms with Crippen LogP contribution in [-0.4, -0.2) is 87.8 Å². The highest BCUT2D eigenvalue weighted by Crippen LogP contribution is 2.44. The summed E-state index contributed by atoms with van der Waals surface area (Å²) in [6.45, 7) is 26.6. The molecule has 1 aliphatic rings. The van der Waals surface area contributed by atoms with Gasteiger partial charge in [0.25, 0.3) is 0 Å². The van der Waals surface area contributed by atoms with Crippen LogP contribution < -0.4 is 30.7 Å². The molecule has 0 heterocycles. The number of rotatable bonds is 14. The van der Waals surface area contributed by atoms with Gasteiger partial charge in [-0.2, -0.15) is 0 Å². The number of nitrogens with one attached hydrogen (secondary N) is 4. The van der Waals surface area contributed by atoms with E-state index in [1.54, 1.807) is 0 Å². The lowest BCUT2D eigenvalue weighted by atomic mass is 9.79. The maximum atomic E-state index is 12.6. The van der Waals surface area contributed by atoms with Gasteiger partial charge in [-0.25, -0.2) is 9.59 Å². The van der Waals surface area contributed by atoms with E-state index in [1.165, 1.54) is 14.2 Å². The van der Waals surface area contributed by atoms with Gasteiger partial charge in [-0.15, -0.1) is 0 Å². The maximum Gasteiger partial charge on any atom is 0.325 e. The molecule has 14 heteroatoms. The summed E-state index contributed by atoms with van der Waals surface area (Å²) in [6, 6.07) is 16.1. The second kappa shape index (κ2) is 23.4. The fraction of sp³-hybridized carbons (Fsp3) is 0.517. The Kier molecular flexibility index (Phi) is 18.4. The zero-order chi connectivity index (χ0) is 53.3. The van der Waals surface area contributed by atoms with Crippen LogP contribution in [-0.2, 0) is 66.4 Å². The molecular formula is C58H80N4O10. The molecule has 0 saturated heterocycles. The summed E-state index contributed by atoms with van der Waals surface area (Å²) in [5.41, 5.74) is 9.59. The molecule has 392 valence electrons. The second-order valence-corrected chi connectivity index (χ2v) is 23.0. The van der Waals surface area contributed by atoms with E-state index in [4.69, 9.17) is 9.47 Å². The fourth-order valence-electron chi connectivity index (χ4n) is 8.49. The van der Waals surface area contributed by atoms with Crippen LogP contribution in [0.25, 0.3) is 0 Å². The van der Waals surface area contributed by atoms with Crippen molar-refractivity contribution in [2.75, 3.05) is 53.6 Å². The highest BCUT2D eigenvalue weighted by molar-refractivity contribution is 5.81. The number of hydrogen-bond donors (Lipinski definition) is 6. The number of fused-ring (bicyclic) bond motifs is 8. The van der Waals surface area contributed by atoms with Crippen molar-refractivity contribution in [2.45, 2.75) is 143 Å². The highest BCUT2D eigenvalue weighted by Gasteiger charge is 2.29. The van der Waals surface area contributed by atoms with Crippen LogP contribution >= 0.6 is 0 Å². The molecule has 8 bridgehead atoms. The first-order valence-electron chi connectivity index (χ1n) is 25.0. The number of aromatic hydroxyl groups is 2. The first-order valence-corrected chi connectivity index (χ1v) is 25.0. The van der Waals surface area contributed by atoms with E-state index in [2.05, 4.69) is 162 Å². The molecule has 4 aromatic rings. The largest absolute Gasteiger partial charge is 0.507 e. The molecular weight excluding hydrogens is 913 g/mol. The molecule has 0 atom stereocenters. The van der Waals surface area contributed by atoms with Crippen LogP contribution in [0.5, 0.6) is 23.0 Å². The lowest BCUT2D eigenvalue weighted by Crippen LogP contribution is -2.39. The van der Waals surface area contributed by atoms with Crippen LogP contribution in [0.1, 0.15) is 163 Å². The first kappa shape index (κ1) is 56.5. The molecule has 0 fully saturated rings. The second-order valence-electron chi connectivity index (χ2n) is 23.0. The van der Waals surface area contributed by atoms with Crippen molar-refractivity contribution in [3.63, 3.8) is 0 Å². The van der Waals surface area contributed by atoms with Gasteiger partial charge >= 0.3 is 24.0 Å². The average Bonchev–Trinajstić information content (AvgIpc) is 3.28. The number of phenolic OH excluding ortho intramolecular Hbond substituents is 2. The number of ether oxygens (including phenoxy) is 4. The minimum atomic E-state index is -0.551. The van der Waals surface area contributed by atoms with E-state index in [9.17, 15) is 29.4 Å². The van der Waals surface area contributed by atoms with Gasteiger partial charge in [0.15, 0.2) is 0 Å². The predicted octanol–water partition coefficient (Wildman–Crippen LogP) is 9.45.